The van der Waals surface area contributed by atoms with Crippen molar-refractivity contribution < 1.29 is 4.79 Å². The Bertz CT molecular complexity index is 571. The Morgan fingerprint density at radius 2 is 2.10 bits per heavy atom. The normalized spacial score (nSPS) is 10.6. The van der Waals surface area contributed by atoms with Crippen molar-refractivity contribution in [3.8, 4) is 0 Å². The highest BCUT2D eigenvalue weighted by Crippen LogP contribution is 2.09. The Morgan fingerprint density at radius 1 is 1.25 bits per heavy atom. The van der Waals surface area contributed by atoms with Crippen LogP contribution < -0.4 is 11.3 Å². The number of benzene rings is 1. The number of aromatic nitrogens is 1. The summed E-state index contributed by atoms with van der Waals surface area (Å²) in [5, 5.41) is 0. The second kappa shape index (κ2) is 6.79. The van der Waals surface area contributed by atoms with Gasteiger partial charge in [0.05, 0.1) is 5.69 Å². The van der Waals surface area contributed by atoms with Gasteiger partial charge in [0.25, 0.3) is 5.91 Å². The molecule has 20 heavy (non-hydrogen) atoms. The first kappa shape index (κ1) is 14.2. The molecule has 0 fully saturated rings. The highest BCUT2D eigenvalue weighted by atomic mass is 16.2. The number of nitrogens with zero attached hydrogens (tertiary/aromatic N) is 2. The van der Waals surface area contributed by atoms with Crippen LogP contribution in [0.5, 0.6) is 0 Å². The molecule has 0 bridgehead atoms. The molecule has 1 aromatic heterocycles. The Morgan fingerprint density at radius 3 is 2.80 bits per heavy atom. The fraction of sp³-hybridized carbons (Fsp3) is 0.200. The van der Waals surface area contributed by atoms with Crippen molar-refractivity contribution in [3.05, 3.63) is 65.5 Å². The molecule has 2 rings (SSSR count). The highest BCUT2D eigenvalue weighted by Gasteiger charge is 2.06. The highest BCUT2D eigenvalue weighted by molar-refractivity contribution is 5.93. The zero-order valence-corrected chi connectivity index (χ0v) is 11.4. The third-order valence-corrected chi connectivity index (χ3v) is 2.93. The first-order valence-corrected chi connectivity index (χ1v) is 6.37. The molecule has 0 spiro atoms. The fourth-order valence-corrected chi connectivity index (χ4v) is 2.03. The molecule has 1 heterocycles. The molecule has 5 heteroatoms. The van der Waals surface area contributed by atoms with Crippen molar-refractivity contribution in [2.45, 2.75) is 13.1 Å². The Balaban J connectivity index is 2.01. The molecule has 0 saturated carbocycles. The molecular weight excluding hydrogens is 252 g/mol. The fourth-order valence-electron chi connectivity index (χ4n) is 2.03. The molecule has 104 valence electrons. The summed E-state index contributed by atoms with van der Waals surface area (Å²) in [5.41, 5.74) is 4.78. The van der Waals surface area contributed by atoms with Crippen molar-refractivity contribution in [2.24, 2.45) is 5.84 Å². The largest absolute Gasteiger partial charge is 0.296 e. The van der Waals surface area contributed by atoms with Crippen LogP contribution in [0.3, 0.4) is 0 Å². The quantitative estimate of drug-likeness (QED) is 0.488. The lowest BCUT2D eigenvalue weighted by Crippen LogP contribution is -2.30. The first-order chi connectivity index (χ1) is 9.69. The minimum Gasteiger partial charge on any atom is -0.296 e. The second-order valence-electron chi connectivity index (χ2n) is 4.67. The van der Waals surface area contributed by atoms with Gasteiger partial charge in [-0.3, -0.25) is 20.1 Å². The third kappa shape index (κ3) is 3.88. The lowest BCUT2D eigenvalue weighted by atomic mass is 10.1. The van der Waals surface area contributed by atoms with Crippen LogP contribution in [0.1, 0.15) is 21.6 Å². The number of pyridine rings is 1. The van der Waals surface area contributed by atoms with Gasteiger partial charge < -0.3 is 0 Å². The van der Waals surface area contributed by atoms with Crippen LogP contribution in [-0.2, 0) is 13.1 Å². The van der Waals surface area contributed by atoms with Crippen LogP contribution in [0.25, 0.3) is 0 Å². The molecule has 3 N–H and O–H groups in total. The molecule has 0 saturated heterocycles. The maximum Gasteiger partial charge on any atom is 0.265 e. The van der Waals surface area contributed by atoms with Gasteiger partial charge in [0, 0.05) is 24.8 Å². The van der Waals surface area contributed by atoms with Crippen LogP contribution in [0.4, 0.5) is 0 Å². The molecule has 0 unspecified atom stereocenters. The average molecular weight is 270 g/mol. The van der Waals surface area contributed by atoms with E-state index >= 15 is 0 Å². The number of carbonyl (C=O) groups excluding carboxylic acids is 1. The molecule has 0 atom stereocenters. The average Bonchev–Trinajstić information content (AvgIpc) is 2.47. The Kier molecular flexibility index (Phi) is 4.81. The van der Waals surface area contributed by atoms with Gasteiger partial charge in [-0.05, 0) is 36.9 Å². The van der Waals surface area contributed by atoms with E-state index in [1.807, 2.05) is 43.4 Å². The summed E-state index contributed by atoms with van der Waals surface area (Å²) in [4.78, 5) is 17.9. The van der Waals surface area contributed by atoms with Gasteiger partial charge in [0.15, 0.2) is 0 Å². The lowest BCUT2D eigenvalue weighted by molar-refractivity contribution is 0.0953. The molecule has 5 nitrogen and oxygen atoms in total. The van der Waals surface area contributed by atoms with Gasteiger partial charge in [-0.25, -0.2) is 5.84 Å². The number of carbonyl (C=O) groups is 1. The predicted molar refractivity (Wildman–Crippen MR) is 77.5 cm³/mol. The summed E-state index contributed by atoms with van der Waals surface area (Å²) >= 11 is 0. The SMILES string of the molecule is CN(Cc1cccc(C(=O)NN)c1)Cc1ccccn1. The van der Waals surface area contributed by atoms with Gasteiger partial charge in [-0.1, -0.05) is 18.2 Å². The van der Waals surface area contributed by atoms with E-state index < -0.39 is 0 Å². The van der Waals surface area contributed by atoms with E-state index in [-0.39, 0.29) is 5.91 Å². The summed E-state index contributed by atoms with van der Waals surface area (Å²) in [5.74, 6) is 4.86. The Labute approximate surface area is 118 Å². The third-order valence-electron chi connectivity index (χ3n) is 2.93. The van der Waals surface area contributed by atoms with E-state index in [1.165, 1.54) is 0 Å². The number of hydrogen-bond acceptors (Lipinski definition) is 4. The smallest absolute Gasteiger partial charge is 0.265 e. The number of amides is 1. The van der Waals surface area contributed by atoms with E-state index in [1.54, 1.807) is 12.3 Å². The zero-order valence-electron chi connectivity index (χ0n) is 11.4. The molecule has 0 aliphatic rings. The van der Waals surface area contributed by atoms with Crippen LogP contribution >= 0.6 is 0 Å². The van der Waals surface area contributed by atoms with Crippen molar-refractivity contribution in [1.82, 2.24) is 15.3 Å². The number of nitrogen functional groups attached to an aromatic ring is 1. The first-order valence-electron chi connectivity index (χ1n) is 6.37. The number of nitrogens with two attached hydrogens (primary N) is 1. The monoisotopic (exact) mass is 270 g/mol. The number of rotatable bonds is 5. The number of hydrazine groups is 1. The van der Waals surface area contributed by atoms with Crippen LogP contribution in [0, 0.1) is 0 Å². The summed E-state index contributed by atoms with van der Waals surface area (Å²) in [6, 6.07) is 13.3. The van der Waals surface area contributed by atoms with Crippen LogP contribution in [-0.4, -0.2) is 22.8 Å². The molecule has 0 aliphatic carbocycles. The Hall–Kier alpha value is -2.24. The van der Waals surface area contributed by atoms with Gasteiger partial charge in [-0.15, -0.1) is 0 Å². The maximum absolute atomic E-state index is 11.5. The van der Waals surface area contributed by atoms with E-state index in [9.17, 15) is 4.79 Å². The predicted octanol–water partition coefficient (Wildman–Crippen LogP) is 1.32. The van der Waals surface area contributed by atoms with Gasteiger partial charge >= 0.3 is 0 Å². The van der Waals surface area contributed by atoms with E-state index in [4.69, 9.17) is 5.84 Å². The van der Waals surface area contributed by atoms with Crippen molar-refractivity contribution >= 4 is 5.91 Å². The van der Waals surface area contributed by atoms with Crippen LogP contribution in [0.15, 0.2) is 48.7 Å². The minimum atomic E-state index is -0.278. The molecular formula is C15H18N4O. The summed E-state index contributed by atoms with van der Waals surface area (Å²) in [6.07, 6.45) is 1.79. The second-order valence-corrected chi connectivity index (χ2v) is 4.67. The molecule has 0 aliphatic heterocycles. The van der Waals surface area contributed by atoms with E-state index in [0.29, 0.717) is 5.56 Å². The van der Waals surface area contributed by atoms with E-state index in [2.05, 4.69) is 15.3 Å². The number of hydrogen-bond donors (Lipinski definition) is 2. The molecule has 0 radical (unpaired) electrons. The maximum atomic E-state index is 11.5. The molecule has 1 amide bonds. The van der Waals surface area contributed by atoms with Gasteiger partial charge in [0.1, 0.15) is 0 Å². The summed E-state index contributed by atoms with van der Waals surface area (Å²) < 4.78 is 0. The number of nitrogens with one attached hydrogen (secondary N) is 1. The standard InChI is InChI=1S/C15H18N4O/c1-19(11-14-7-2-3-8-17-14)10-12-5-4-6-13(9-12)15(20)18-16/h2-9H,10-11,16H2,1H3,(H,18,20). The van der Waals surface area contributed by atoms with Crippen molar-refractivity contribution in [3.63, 3.8) is 0 Å². The molecule has 1 aromatic carbocycles. The lowest BCUT2D eigenvalue weighted by Gasteiger charge is -2.16. The summed E-state index contributed by atoms with van der Waals surface area (Å²) in [7, 11) is 2.02. The molecule has 2 aromatic rings. The van der Waals surface area contributed by atoms with Gasteiger partial charge in [0.2, 0.25) is 0 Å². The van der Waals surface area contributed by atoms with Crippen molar-refractivity contribution in [1.29, 1.82) is 0 Å². The minimum absolute atomic E-state index is 0.278. The van der Waals surface area contributed by atoms with Crippen molar-refractivity contribution in [2.75, 3.05) is 7.05 Å². The van der Waals surface area contributed by atoms with E-state index in [0.717, 1.165) is 24.3 Å². The zero-order chi connectivity index (χ0) is 14.4. The van der Waals surface area contributed by atoms with Crippen LogP contribution in [0.2, 0.25) is 0 Å². The summed E-state index contributed by atoms with van der Waals surface area (Å²) in [6.45, 7) is 1.50. The van der Waals surface area contributed by atoms with Gasteiger partial charge in [-0.2, -0.15) is 0 Å². The topological polar surface area (TPSA) is 71.2 Å².